The van der Waals surface area contributed by atoms with E-state index in [0.717, 1.165) is 36.6 Å². The van der Waals surface area contributed by atoms with Gasteiger partial charge in [0.2, 0.25) is 0 Å². The van der Waals surface area contributed by atoms with Gasteiger partial charge in [0.05, 0.1) is 12.6 Å². The van der Waals surface area contributed by atoms with Crippen LogP contribution in [0.1, 0.15) is 16.5 Å². The average molecular weight is 405 g/mol. The normalized spacial score (nSPS) is 16.5. The van der Waals surface area contributed by atoms with Crippen LogP contribution in [-0.4, -0.2) is 61.4 Å². The Bertz CT molecular complexity index is 774. The summed E-state index contributed by atoms with van der Waals surface area (Å²) in [5.74, 6) is -1.60. The second-order valence-corrected chi connectivity index (χ2v) is 7.91. The minimum atomic E-state index is -0.655. The number of rotatable bonds is 6. The van der Waals surface area contributed by atoms with Crippen LogP contribution in [0.25, 0.3) is 0 Å². The quantitative estimate of drug-likeness (QED) is 0.718. The second-order valence-electron chi connectivity index (χ2n) is 6.88. The molecule has 0 spiro atoms. The van der Waals surface area contributed by atoms with E-state index in [4.69, 9.17) is 0 Å². The number of carbonyl (C=O) groups excluding carboxylic acids is 2. The van der Waals surface area contributed by atoms with E-state index >= 15 is 0 Å². The molecule has 0 aliphatic carbocycles. The first-order valence-corrected chi connectivity index (χ1v) is 10.2. The van der Waals surface area contributed by atoms with Crippen molar-refractivity contribution in [3.63, 3.8) is 0 Å². The minimum Gasteiger partial charge on any atom is -0.346 e. The number of benzene rings is 1. The summed E-state index contributed by atoms with van der Waals surface area (Å²) >= 11 is 1.52. The smallest absolute Gasteiger partial charge is 0.309 e. The molecule has 1 aliphatic rings. The highest BCUT2D eigenvalue weighted by molar-refractivity contribution is 7.09. The lowest BCUT2D eigenvalue weighted by Crippen LogP contribution is -2.49. The third kappa shape index (κ3) is 5.60. The number of hydrogen-bond acceptors (Lipinski definition) is 5. The summed E-state index contributed by atoms with van der Waals surface area (Å²) in [7, 11) is 2.07. The van der Waals surface area contributed by atoms with Crippen LogP contribution in [0.4, 0.5) is 4.39 Å². The number of nitrogens with zero attached hydrogens (tertiary/aromatic N) is 2. The van der Waals surface area contributed by atoms with Crippen LogP contribution in [0, 0.1) is 5.82 Å². The van der Waals surface area contributed by atoms with E-state index in [-0.39, 0.29) is 11.9 Å². The second kappa shape index (κ2) is 9.77. The van der Waals surface area contributed by atoms with Crippen molar-refractivity contribution >= 4 is 23.2 Å². The summed E-state index contributed by atoms with van der Waals surface area (Å²) < 4.78 is 13.3. The van der Waals surface area contributed by atoms with Crippen molar-refractivity contribution in [3.8, 4) is 0 Å². The summed E-state index contributed by atoms with van der Waals surface area (Å²) in [5, 5.41) is 7.29. The summed E-state index contributed by atoms with van der Waals surface area (Å²) in [6.07, 6.45) is 0. The summed E-state index contributed by atoms with van der Waals surface area (Å²) in [6, 6.07) is 10.0. The zero-order valence-corrected chi connectivity index (χ0v) is 16.7. The zero-order valence-electron chi connectivity index (χ0n) is 15.9. The molecule has 1 fully saturated rings. The highest BCUT2D eigenvalue weighted by Crippen LogP contribution is 2.22. The number of piperazine rings is 1. The van der Waals surface area contributed by atoms with Gasteiger partial charge < -0.3 is 15.5 Å². The van der Waals surface area contributed by atoms with Crippen molar-refractivity contribution in [1.82, 2.24) is 20.4 Å². The molecule has 1 atom stereocenters. The van der Waals surface area contributed by atoms with Crippen molar-refractivity contribution < 1.29 is 14.0 Å². The molecule has 0 radical (unpaired) electrons. The molecule has 0 bridgehead atoms. The Hall–Kier alpha value is -2.29. The van der Waals surface area contributed by atoms with E-state index in [1.165, 1.54) is 23.5 Å². The first-order chi connectivity index (χ1) is 13.5. The topological polar surface area (TPSA) is 64.7 Å². The van der Waals surface area contributed by atoms with E-state index in [1.807, 2.05) is 17.5 Å². The third-order valence-electron chi connectivity index (χ3n) is 4.90. The molecule has 1 saturated heterocycles. The van der Waals surface area contributed by atoms with E-state index in [1.54, 1.807) is 12.1 Å². The highest BCUT2D eigenvalue weighted by atomic mass is 32.1. The Morgan fingerprint density at radius 1 is 1.07 bits per heavy atom. The molecular weight excluding hydrogens is 379 g/mol. The number of hydrogen-bond donors (Lipinski definition) is 2. The molecule has 1 aromatic carbocycles. The van der Waals surface area contributed by atoms with Crippen LogP contribution in [-0.2, 0) is 16.1 Å². The Kier molecular flexibility index (Phi) is 7.13. The van der Waals surface area contributed by atoms with Gasteiger partial charge >= 0.3 is 11.8 Å². The van der Waals surface area contributed by atoms with Crippen molar-refractivity contribution in [2.75, 3.05) is 39.8 Å². The van der Waals surface area contributed by atoms with Gasteiger partial charge in [-0.2, -0.15) is 0 Å². The van der Waals surface area contributed by atoms with Crippen LogP contribution >= 0.6 is 11.3 Å². The van der Waals surface area contributed by atoms with Crippen molar-refractivity contribution in [2.45, 2.75) is 12.6 Å². The first kappa shape index (κ1) is 20.4. The first-order valence-electron chi connectivity index (χ1n) is 9.29. The van der Waals surface area contributed by atoms with Gasteiger partial charge in [0.15, 0.2) is 0 Å². The molecule has 8 heteroatoms. The van der Waals surface area contributed by atoms with Gasteiger partial charge in [-0.25, -0.2) is 4.39 Å². The number of likely N-dealkylation sites (N-methyl/N-ethyl adjacent to an activating group) is 1. The van der Waals surface area contributed by atoms with E-state index in [0.29, 0.717) is 13.1 Å². The molecule has 2 heterocycles. The van der Waals surface area contributed by atoms with Crippen LogP contribution in [0.5, 0.6) is 0 Å². The molecule has 1 aromatic heterocycles. The Morgan fingerprint density at radius 3 is 2.39 bits per heavy atom. The molecule has 2 amide bonds. The standard InChI is InChI=1S/C20H25FN4O2S/c1-24-8-10-25(11-9-24)18(15-4-6-16(21)7-5-15)14-23-20(27)19(26)22-13-17-3-2-12-28-17/h2-7,12,18H,8-11,13-14H2,1H3,(H,22,26)(H,23,27)/t18-/m0/s1. The number of carbonyl (C=O) groups is 2. The SMILES string of the molecule is CN1CCN([C@@H](CNC(=O)C(=O)NCc2cccs2)c2ccc(F)cc2)CC1. The predicted octanol–water partition coefficient (Wildman–Crippen LogP) is 1.61. The fourth-order valence-electron chi connectivity index (χ4n) is 3.21. The van der Waals surface area contributed by atoms with Gasteiger partial charge in [-0.15, -0.1) is 11.3 Å². The fraction of sp³-hybridized carbons (Fsp3) is 0.400. The van der Waals surface area contributed by atoms with Crippen molar-refractivity contribution in [1.29, 1.82) is 0 Å². The van der Waals surface area contributed by atoms with Gasteiger partial charge in [-0.3, -0.25) is 14.5 Å². The summed E-state index contributed by atoms with van der Waals surface area (Å²) in [4.78, 5) is 29.8. The van der Waals surface area contributed by atoms with Gasteiger partial charge in [0, 0.05) is 37.6 Å². The predicted molar refractivity (Wildman–Crippen MR) is 107 cm³/mol. The number of thiophene rings is 1. The maximum Gasteiger partial charge on any atom is 0.309 e. The number of nitrogens with one attached hydrogen (secondary N) is 2. The lowest BCUT2D eigenvalue weighted by molar-refractivity contribution is -0.139. The van der Waals surface area contributed by atoms with Gasteiger partial charge in [0.1, 0.15) is 5.82 Å². The maximum atomic E-state index is 13.3. The Morgan fingerprint density at radius 2 is 1.75 bits per heavy atom. The third-order valence-corrected chi connectivity index (χ3v) is 5.78. The lowest BCUT2D eigenvalue weighted by Gasteiger charge is -2.38. The molecule has 2 N–H and O–H groups in total. The Labute approximate surface area is 168 Å². The van der Waals surface area contributed by atoms with Gasteiger partial charge in [-0.1, -0.05) is 18.2 Å². The largest absolute Gasteiger partial charge is 0.346 e. The summed E-state index contributed by atoms with van der Waals surface area (Å²) in [6.45, 7) is 4.17. The van der Waals surface area contributed by atoms with Gasteiger partial charge in [0.25, 0.3) is 0 Å². The molecule has 0 unspecified atom stereocenters. The summed E-state index contributed by atoms with van der Waals surface area (Å²) in [5.41, 5.74) is 0.922. The van der Waals surface area contributed by atoms with Crippen LogP contribution in [0.15, 0.2) is 41.8 Å². The number of halogens is 1. The van der Waals surface area contributed by atoms with E-state index in [2.05, 4.69) is 27.5 Å². The van der Waals surface area contributed by atoms with E-state index in [9.17, 15) is 14.0 Å². The minimum absolute atomic E-state index is 0.108. The molecule has 3 rings (SSSR count). The molecule has 150 valence electrons. The molecule has 6 nitrogen and oxygen atoms in total. The Balaban J connectivity index is 1.59. The number of amides is 2. The van der Waals surface area contributed by atoms with Crippen LogP contribution in [0.2, 0.25) is 0 Å². The average Bonchev–Trinajstić information content (AvgIpc) is 3.22. The van der Waals surface area contributed by atoms with Gasteiger partial charge in [-0.05, 0) is 36.2 Å². The molecule has 0 saturated carbocycles. The molecule has 1 aliphatic heterocycles. The van der Waals surface area contributed by atoms with Crippen molar-refractivity contribution in [2.24, 2.45) is 0 Å². The lowest BCUT2D eigenvalue weighted by atomic mass is 10.0. The zero-order chi connectivity index (χ0) is 19.9. The maximum absolute atomic E-state index is 13.3. The highest BCUT2D eigenvalue weighted by Gasteiger charge is 2.25. The van der Waals surface area contributed by atoms with Crippen molar-refractivity contribution in [3.05, 3.63) is 58.0 Å². The molecular formula is C20H25FN4O2S. The van der Waals surface area contributed by atoms with Crippen LogP contribution < -0.4 is 10.6 Å². The molecule has 2 aromatic rings. The monoisotopic (exact) mass is 404 g/mol. The van der Waals surface area contributed by atoms with E-state index < -0.39 is 11.8 Å². The van der Waals surface area contributed by atoms with Crippen LogP contribution in [0.3, 0.4) is 0 Å². The molecule has 28 heavy (non-hydrogen) atoms. The fourth-order valence-corrected chi connectivity index (χ4v) is 3.85.